The molecule has 1 aromatic heterocycles. The highest BCUT2D eigenvalue weighted by molar-refractivity contribution is 5.92. The summed E-state index contributed by atoms with van der Waals surface area (Å²) in [6.07, 6.45) is 1.38. The van der Waals surface area contributed by atoms with Crippen molar-refractivity contribution in [3.8, 4) is 0 Å². The molecule has 6 heteroatoms. The van der Waals surface area contributed by atoms with Gasteiger partial charge in [0.2, 0.25) is 0 Å². The summed E-state index contributed by atoms with van der Waals surface area (Å²) in [7, 11) is 0. The number of amides is 1. The molecule has 1 aromatic carbocycles. The van der Waals surface area contributed by atoms with Crippen molar-refractivity contribution in [2.45, 2.75) is 5.92 Å². The molecule has 0 aliphatic carbocycles. The van der Waals surface area contributed by atoms with Crippen LogP contribution in [0.1, 0.15) is 22.0 Å². The summed E-state index contributed by atoms with van der Waals surface area (Å²) in [6.45, 7) is 0.186. The van der Waals surface area contributed by atoms with E-state index in [1.807, 2.05) is 0 Å². The van der Waals surface area contributed by atoms with Gasteiger partial charge in [0.25, 0.3) is 5.91 Å². The Labute approximate surface area is 126 Å². The number of furan rings is 1. The van der Waals surface area contributed by atoms with E-state index in [0.29, 0.717) is 5.56 Å². The summed E-state index contributed by atoms with van der Waals surface area (Å²) in [5.41, 5.74) is 0.324. The topological polar surface area (TPSA) is 70.8 Å². The Kier molecular flexibility index (Phi) is 3.66. The van der Waals surface area contributed by atoms with Gasteiger partial charge in [0.1, 0.15) is 5.82 Å². The average Bonchev–Trinajstić information content (AvgIpc) is 3.17. The Balaban J connectivity index is 1.89. The van der Waals surface area contributed by atoms with E-state index in [0.717, 1.165) is 0 Å². The summed E-state index contributed by atoms with van der Waals surface area (Å²) in [6, 6.07) is 9.19. The van der Waals surface area contributed by atoms with Crippen LogP contribution in [0.3, 0.4) is 0 Å². The van der Waals surface area contributed by atoms with E-state index in [1.54, 1.807) is 24.3 Å². The number of carbonyl (C=O) groups excluding carboxylic acids is 1. The highest BCUT2D eigenvalue weighted by atomic mass is 19.1. The lowest BCUT2D eigenvalue weighted by Crippen LogP contribution is -2.29. The van der Waals surface area contributed by atoms with Gasteiger partial charge >= 0.3 is 5.97 Å². The van der Waals surface area contributed by atoms with Gasteiger partial charge in [-0.1, -0.05) is 18.2 Å². The predicted octanol–water partition coefficient (Wildman–Crippen LogP) is 2.36. The molecule has 1 fully saturated rings. The molecule has 0 bridgehead atoms. The number of carboxylic acids is 1. The van der Waals surface area contributed by atoms with Crippen LogP contribution in [0, 0.1) is 11.7 Å². The van der Waals surface area contributed by atoms with E-state index in [-0.39, 0.29) is 24.8 Å². The van der Waals surface area contributed by atoms with Crippen molar-refractivity contribution in [1.29, 1.82) is 0 Å². The third kappa shape index (κ3) is 2.47. The number of benzene rings is 1. The second kappa shape index (κ2) is 5.63. The van der Waals surface area contributed by atoms with Crippen molar-refractivity contribution in [3.05, 3.63) is 59.8 Å². The van der Waals surface area contributed by atoms with Crippen molar-refractivity contribution in [1.82, 2.24) is 4.90 Å². The lowest BCUT2D eigenvalue weighted by Gasteiger charge is -2.16. The fourth-order valence-corrected chi connectivity index (χ4v) is 2.87. The number of nitrogens with zero attached hydrogens (tertiary/aromatic N) is 1. The van der Waals surface area contributed by atoms with E-state index in [4.69, 9.17) is 4.42 Å². The lowest BCUT2D eigenvalue weighted by atomic mass is 9.89. The van der Waals surface area contributed by atoms with E-state index in [2.05, 4.69) is 0 Å². The van der Waals surface area contributed by atoms with Crippen LogP contribution in [0.15, 0.2) is 47.1 Å². The first-order valence-electron chi connectivity index (χ1n) is 6.88. The molecule has 1 aliphatic heterocycles. The molecular weight excluding hydrogens is 289 g/mol. The number of carbonyl (C=O) groups is 2. The number of hydrogen-bond donors (Lipinski definition) is 1. The minimum absolute atomic E-state index is 0.0356. The first-order valence-corrected chi connectivity index (χ1v) is 6.88. The molecule has 1 aliphatic rings. The molecule has 2 aromatic rings. The zero-order valence-corrected chi connectivity index (χ0v) is 11.6. The summed E-state index contributed by atoms with van der Waals surface area (Å²) in [5.74, 6) is -3.13. The Morgan fingerprint density at radius 1 is 1.18 bits per heavy atom. The number of carboxylic acid groups (broad SMARTS) is 1. The minimum atomic E-state index is -1.04. The molecule has 1 saturated heterocycles. The first-order chi connectivity index (χ1) is 10.6. The zero-order valence-electron chi connectivity index (χ0n) is 11.6. The molecule has 5 nitrogen and oxygen atoms in total. The largest absolute Gasteiger partial charge is 0.481 e. The summed E-state index contributed by atoms with van der Waals surface area (Å²) in [5, 5.41) is 9.38. The molecular formula is C16H14FNO4. The lowest BCUT2D eigenvalue weighted by molar-refractivity contribution is -0.141. The standard InChI is InChI=1S/C16H14FNO4/c17-13-5-2-1-4-10(13)11-8-18(9-12(11)16(20)21)15(19)14-6-3-7-22-14/h1-7,11-12H,8-9H2,(H,20,21)/t11-,12+/m1/s1. The third-order valence-electron chi connectivity index (χ3n) is 3.96. The van der Waals surface area contributed by atoms with Gasteiger partial charge in [-0.3, -0.25) is 9.59 Å². The smallest absolute Gasteiger partial charge is 0.308 e. The van der Waals surface area contributed by atoms with Crippen LogP contribution in [0.25, 0.3) is 0 Å². The second-order valence-corrected chi connectivity index (χ2v) is 5.26. The van der Waals surface area contributed by atoms with Gasteiger partial charge in [0, 0.05) is 19.0 Å². The molecule has 114 valence electrons. The molecule has 0 radical (unpaired) electrons. The number of halogens is 1. The van der Waals surface area contributed by atoms with Crippen LogP contribution in [0.4, 0.5) is 4.39 Å². The second-order valence-electron chi connectivity index (χ2n) is 5.26. The van der Waals surface area contributed by atoms with Gasteiger partial charge < -0.3 is 14.4 Å². The average molecular weight is 303 g/mol. The highest BCUT2D eigenvalue weighted by Gasteiger charge is 2.42. The minimum Gasteiger partial charge on any atom is -0.481 e. The number of hydrogen-bond acceptors (Lipinski definition) is 3. The normalized spacial score (nSPS) is 21.0. The fourth-order valence-electron chi connectivity index (χ4n) is 2.87. The maximum absolute atomic E-state index is 14.0. The molecule has 22 heavy (non-hydrogen) atoms. The Morgan fingerprint density at radius 2 is 1.95 bits per heavy atom. The van der Waals surface area contributed by atoms with Crippen molar-refractivity contribution < 1.29 is 23.5 Å². The number of rotatable bonds is 3. The van der Waals surface area contributed by atoms with Gasteiger partial charge in [-0.2, -0.15) is 0 Å². The number of likely N-dealkylation sites (tertiary alicyclic amines) is 1. The van der Waals surface area contributed by atoms with Gasteiger partial charge in [-0.25, -0.2) is 4.39 Å². The number of aliphatic carboxylic acids is 1. The van der Waals surface area contributed by atoms with Crippen LogP contribution in [-0.2, 0) is 4.79 Å². The monoisotopic (exact) mass is 303 g/mol. The SMILES string of the molecule is O=C(O)[C@H]1CN(C(=O)c2ccco2)C[C@@H]1c1ccccc1F. The molecule has 0 saturated carbocycles. The Hall–Kier alpha value is -2.63. The van der Waals surface area contributed by atoms with Crippen LogP contribution in [0.2, 0.25) is 0 Å². The Morgan fingerprint density at radius 3 is 2.59 bits per heavy atom. The van der Waals surface area contributed by atoms with E-state index < -0.39 is 23.6 Å². The summed E-state index contributed by atoms with van der Waals surface area (Å²) < 4.78 is 19.0. The van der Waals surface area contributed by atoms with Crippen LogP contribution < -0.4 is 0 Å². The predicted molar refractivity (Wildman–Crippen MR) is 74.9 cm³/mol. The maximum atomic E-state index is 14.0. The molecule has 2 heterocycles. The molecule has 0 unspecified atom stereocenters. The van der Waals surface area contributed by atoms with Gasteiger partial charge in [-0.15, -0.1) is 0 Å². The fraction of sp³-hybridized carbons (Fsp3) is 0.250. The Bertz CT molecular complexity index is 698. The quantitative estimate of drug-likeness (QED) is 0.945. The van der Waals surface area contributed by atoms with Crippen molar-refractivity contribution in [2.75, 3.05) is 13.1 Å². The van der Waals surface area contributed by atoms with Crippen LogP contribution in [-0.4, -0.2) is 35.0 Å². The molecule has 3 rings (SSSR count). The summed E-state index contributed by atoms with van der Waals surface area (Å²) in [4.78, 5) is 25.1. The first kappa shape index (κ1) is 14.3. The van der Waals surface area contributed by atoms with Crippen LogP contribution >= 0.6 is 0 Å². The third-order valence-corrected chi connectivity index (χ3v) is 3.96. The molecule has 1 N–H and O–H groups in total. The van der Waals surface area contributed by atoms with E-state index in [1.165, 1.54) is 23.3 Å². The maximum Gasteiger partial charge on any atom is 0.308 e. The zero-order chi connectivity index (χ0) is 15.7. The van der Waals surface area contributed by atoms with E-state index >= 15 is 0 Å². The van der Waals surface area contributed by atoms with Crippen molar-refractivity contribution in [3.63, 3.8) is 0 Å². The molecule has 2 atom stereocenters. The van der Waals surface area contributed by atoms with Gasteiger partial charge in [-0.05, 0) is 23.8 Å². The van der Waals surface area contributed by atoms with E-state index in [9.17, 15) is 19.1 Å². The summed E-state index contributed by atoms with van der Waals surface area (Å²) >= 11 is 0. The van der Waals surface area contributed by atoms with Gasteiger partial charge in [0.05, 0.1) is 12.2 Å². The van der Waals surface area contributed by atoms with Gasteiger partial charge in [0.15, 0.2) is 5.76 Å². The van der Waals surface area contributed by atoms with Crippen molar-refractivity contribution in [2.24, 2.45) is 5.92 Å². The van der Waals surface area contributed by atoms with Crippen LogP contribution in [0.5, 0.6) is 0 Å². The highest BCUT2D eigenvalue weighted by Crippen LogP contribution is 2.35. The molecule has 0 spiro atoms. The molecule has 1 amide bonds. The van der Waals surface area contributed by atoms with Crippen molar-refractivity contribution >= 4 is 11.9 Å².